The summed E-state index contributed by atoms with van der Waals surface area (Å²) in [7, 11) is 1.92. The molecule has 1 atom stereocenters. The second-order valence-electron chi connectivity index (χ2n) is 6.00. The molecule has 0 amide bonds. The van der Waals surface area contributed by atoms with Crippen LogP contribution in [0.4, 0.5) is 0 Å². The molecule has 1 saturated heterocycles. The number of nitrogens with zero attached hydrogens (tertiary/aromatic N) is 6. The maximum absolute atomic E-state index is 5.87. The molecule has 1 aliphatic rings. The predicted octanol–water partition coefficient (Wildman–Crippen LogP) is 1.64. The van der Waals surface area contributed by atoms with Crippen LogP contribution in [0.2, 0.25) is 0 Å². The SMILES string of the molecule is Cn1cc(-c2nc(CN3CCO[C@@H](Cn4cccn4)C3)cs2)cn1. The number of ether oxygens (including phenoxy) is 1. The molecule has 4 rings (SSSR count). The van der Waals surface area contributed by atoms with Gasteiger partial charge in [-0.3, -0.25) is 14.3 Å². The lowest BCUT2D eigenvalue weighted by atomic mass is 10.2. The second-order valence-corrected chi connectivity index (χ2v) is 6.86. The van der Waals surface area contributed by atoms with Gasteiger partial charge in [0.1, 0.15) is 5.01 Å². The van der Waals surface area contributed by atoms with Gasteiger partial charge in [-0.1, -0.05) is 0 Å². The van der Waals surface area contributed by atoms with Crippen molar-refractivity contribution in [3.8, 4) is 10.6 Å². The van der Waals surface area contributed by atoms with Gasteiger partial charge in [-0.25, -0.2) is 4.98 Å². The third kappa shape index (κ3) is 3.55. The van der Waals surface area contributed by atoms with Crippen molar-refractivity contribution in [1.29, 1.82) is 0 Å². The number of thiazole rings is 1. The minimum absolute atomic E-state index is 0.176. The molecule has 3 aromatic rings. The highest BCUT2D eigenvalue weighted by Gasteiger charge is 2.22. The maximum Gasteiger partial charge on any atom is 0.126 e. The monoisotopic (exact) mass is 344 g/mol. The van der Waals surface area contributed by atoms with Gasteiger partial charge >= 0.3 is 0 Å². The summed E-state index contributed by atoms with van der Waals surface area (Å²) >= 11 is 1.67. The van der Waals surface area contributed by atoms with Crippen molar-refractivity contribution in [2.75, 3.05) is 19.7 Å². The molecule has 0 aliphatic carbocycles. The zero-order chi connectivity index (χ0) is 16.4. The van der Waals surface area contributed by atoms with Crippen LogP contribution in [-0.2, 0) is 24.9 Å². The molecule has 3 aromatic heterocycles. The van der Waals surface area contributed by atoms with E-state index < -0.39 is 0 Å². The van der Waals surface area contributed by atoms with E-state index >= 15 is 0 Å². The average Bonchev–Trinajstić information content (AvgIpc) is 3.30. The lowest BCUT2D eigenvalue weighted by Crippen LogP contribution is -2.43. The van der Waals surface area contributed by atoms with Crippen LogP contribution < -0.4 is 0 Å². The Kier molecular flexibility index (Phi) is 4.42. The highest BCUT2D eigenvalue weighted by Crippen LogP contribution is 2.24. The first-order chi connectivity index (χ1) is 11.8. The number of morpholine rings is 1. The number of hydrogen-bond acceptors (Lipinski definition) is 6. The summed E-state index contributed by atoms with van der Waals surface area (Å²) in [6.07, 6.45) is 7.81. The summed E-state index contributed by atoms with van der Waals surface area (Å²) < 4.78 is 9.60. The number of aromatic nitrogens is 5. The van der Waals surface area contributed by atoms with Crippen LogP contribution in [0.5, 0.6) is 0 Å². The highest BCUT2D eigenvalue weighted by molar-refractivity contribution is 7.13. The van der Waals surface area contributed by atoms with E-state index in [1.807, 2.05) is 36.4 Å². The quantitative estimate of drug-likeness (QED) is 0.704. The van der Waals surface area contributed by atoms with Crippen molar-refractivity contribution < 1.29 is 4.74 Å². The van der Waals surface area contributed by atoms with Crippen molar-refractivity contribution >= 4 is 11.3 Å². The molecule has 4 heterocycles. The Bertz CT molecular complexity index is 780. The summed E-state index contributed by atoms with van der Waals surface area (Å²) in [6, 6.07) is 1.94. The summed E-state index contributed by atoms with van der Waals surface area (Å²) in [5, 5.41) is 11.6. The molecule has 126 valence electrons. The number of aryl methyl sites for hydroxylation is 1. The van der Waals surface area contributed by atoms with Crippen molar-refractivity contribution in [2.24, 2.45) is 7.05 Å². The number of rotatable bonds is 5. The van der Waals surface area contributed by atoms with E-state index in [2.05, 4.69) is 20.5 Å². The predicted molar refractivity (Wildman–Crippen MR) is 91.6 cm³/mol. The Morgan fingerprint density at radius 1 is 1.38 bits per heavy atom. The summed E-state index contributed by atoms with van der Waals surface area (Å²) in [5.74, 6) is 0. The van der Waals surface area contributed by atoms with E-state index in [1.165, 1.54) is 0 Å². The molecule has 1 fully saturated rings. The fraction of sp³-hybridized carbons (Fsp3) is 0.438. The van der Waals surface area contributed by atoms with Crippen molar-refractivity contribution in [2.45, 2.75) is 19.2 Å². The molecule has 0 radical (unpaired) electrons. The molecule has 0 aromatic carbocycles. The molecular weight excluding hydrogens is 324 g/mol. The molecule has 0 bridgehead atoms. The van der Waals surface area contributed by atoms with Gasteiger partial charge in [0.05, 0.1) is 31.1 Å². The van der Waals surface area contributed by atoms with Gasteiger partial charge in [-0.15, -0.1) is 11.3 Å². The summed E-state index contributed by atoms with van der Waals surface area (Å²) in [4.78, 5) is 7.16. The topological polar surface area (TPSA) is 61.0 Å². The molecule has 7 nitrogen and oxygen atoms in total. The van der Waals surface area contributed by atoms with Gasteiger partial charge in [-0.05, 0) is 6.07 Å². The molecule has 0 spiro atoms. The van der Waals surface area contributed by atoms with Crippen molar-refractivity contribution in [3.05, 3.63) is 41.9 Å². The fourth-order valence-corrected chi connectivity index (χ4v) is 3.71. The third-order valence-electron chi connectivity index (χ3n) is 4.06. The highest BCUT2D eigenvalue weighted by atomic mass is 32.1. The van der Waals surface area contributed by atoms with Gasteiger partial charge in [0.15, 0.2) is 0 Å². The van der Waals surface area contributed by atoms with E-state index in [0.717, 1.165) is 49.1 Å². The lowest BCUT2D eigenvalue weighted by Gasteiger charge is -2.32. The third-order valence-corrected chi connectivity index (χ3v) is 5.00. The minimum atomic E-state index is 0.176. The zero-order valence-electron chi connectivity index (χ0n) is 13.6. The Hall–Kier alpha value is -2.03. The molecule has 0 saturated carbocycles. The van der Waals surface area contributed by atoms with E-state index in [1.54, 1.807) is 22.2 Å². The summed E-state index contributed by atoms with van der Waals surface area (Å²) in [5.41, 5.74) is 2.19. The molecule has 8 heteroatoms. The van der Waals surface area contributed by atoms with Crippen LogP contribution in [0.15, 0.2) is 36.2 Å². The summed E-state index contributed by atoms with van der Waals surface area (Å²) in [6.45, 7) is 4.25. The zero-order valence-corrected chi connectivity index (χ0v) is 14.4. The molecular formula is C16H20N6OS. The molecule has 1 aliphatic heterocycles. The first kappa shape index (κ1) is 15.5. The first-order valence-electron chi connectivity index (χ1n) is 8.01. The van der Waals surface area contributed by atoms with Crippen LogP contribution in [0.3, 0.4) is 0 Å². The second kappa shape index (κ2) is 6.84. The van der Waals surface area contributed by atoms with Gasteiger partial charge in [0.25, 0.3) is 0 Å². The Labute approximate surface area is 144 Å². The Morgan fingerprint density at radius 3 is 3.12 bits per heavy atom. The molecule has 0 N–H and O–H groups in total. The van der Waals surface area contributed by atoms with Gasteiger partial charge < -0.3 is 4.74 Å². The fourth-order valence-electron chi connectivity index (χ4n) is 2.92. The lowest BCUT2D eigenvalue weighted by molar-refractivity contribution is -0.0405. The van der Waals surface area contributed by atoms with E-state index in [-0.39, 0.29) is 6.10 Å². The molecule has 24 heavy (non-hydrogen) atoms. The van der Waals surface area contributed by atoms with Crippen LogP contribution >= 0.6 is 11.3 Å². The van der Waals surface area contributed by atoms with Gasteiger partial charge in [-0.2, -0.15) is 10.2 Å². The van der Waals surface area contributed by atoms with Gasteiger partial charge in [0, 0.05) is 56.2 Å². The van der Waals surface area contributed by atoms with Crippen LogP contribution in [0, 0.1) is 0 Å². The maximum atomic E-state index is 5.87. The van der Waals surface area contributed by atoms with E-state index in [9.17, 15) is 0 Å². The van der Waals surface area contributed by atoms with Crippen molar-refractivity contribution in [3.63, 3.8) is 0 Å². The van der Waals surface area contributed by atoms with Gasteiger partial charge in [0.2, 0.25) is 0 Å². The van der Waals surface area contributed by atoms with E-state index in [0.29, 0.717) is 0 Å². The van der Waals surface area contributed by atoms with E-state index in [4.69, 9.17) is 9.72 Å². The Balaban J connectivity index is 1.37. The molecule has 0 unspecified atom stereocenters. The normalized spacial score (nSPS) is 19.0. The van der Waals surface area contributed by atoms with Crippen molar-refractivity contribution in [1.82, 2.24) is 29.4 Å². The first-order valence-corrected chi connectivity index (χ1v) is 8.89. The standard InChI is InChI=1S/C16H20N6OS/c1-20-8-13(7-18-20)16-19-14(12-24-16)9-21-5-6-23-15(10-21)11-22-4-2-3-17-22/h2-4,7-8,12,15H,5-6,9-11H2,1H3/t15-/m1/s1. The smallest absolute Gasteiger partial charge is 0.126 e. The Morgan fingerprint density at radius 2 is 2.33 bits per heavy atom. The largest absolute Gasteiger partial charge is 0.374 e. The van der Waals surface area contributed by atoms with Crippen LogP contribution in [0.1, 0.15) is 5.69 Å². The van der Waals surface area contributed by atoms with Crippen LogP contribution in [0.25, 0.3) is 10.6 Å². The average molecular weight is 344 g/mol. The minimum Gasteiger partial charge on any atom is -0.374 e. The van der Waals surface area contributed by atoms with Crippen LogP contribution in [-0.4, -0.2) is 55.2 Å². The number of hydrogen-bond donors (Lipinski definition) is 0.